The smallest absolute Gasteiger partial charge is 0.257 e. The first kappa shape index (κ1) is 28.9. The molecule has 1 atom stereocenters. The highest BCUT2D eigenvalue weighted by atomic mass is 19.2. The number of hydrogen-bond donors (Lipinski definition) is 2. The number of anilines is 1. The van der Waals surface area contributed by atoms with Crippen molar-refractivity contribution in [3.63, 3.8) is 0 Å². The van der Waals surface area contributed by atoms with Crippen molar-refractivity contribution in [3.8, 4) is 5.75 Å². The summed E-state index contributed by atoms with van der Waals surface area (Å²) >= 11 is 0. The average Bonchev–Trinajstić information content (AvgIpc) is 3.74. The maximum atomic E-state index is 15.9. The minimum atomic E-state index is -1.26. The van der Waals surface area contributed by atoms with Gasteiger partial charge in [-0.05, 0) is 67.3 Å². The highest BCUT2D eigenvalue weighted by molar-refractivity contribution is 5.95. The Labute approximate surface area is 246 Å². The quantitative estimate of drug-likeness (QED) is 0.483. The van der Waals surface area contributed by atoms with Crippen LogP contribution in [0.4, 0.5) is 14.5 Å². The summed E-state index contributed by atoms with van der Waals surface area (Å²) in [7, 11) is 1.66. The van der Waals surface area contributed by atoms with Crippen LogP contribution in [0.2, 0.25) is 0 Å². The molecule has 2 aromatic rings. The molecule has 0 bridgehead atoms. The van der Waals surface area contributed by atoms with E-state index in [1.807, 2.05) is 12.1 Å². The standard InChI is InChI=1S/C33H41F2N3O4/c1-42-22-8-11-26-25(20-22)32(12-6-4-2-3-5-7-13-32)21-27(36-26)23-9-10-24(29(35)28(23)34)30(39)37-16-18-38(19-17-37)31(40)33(41)14-15-33/h8-11,20,27,36,41H,2-7,12-19,21H2,1H3. The van der Waals surface area contributed by atoms with Gasteiger partial charge in [0.05, 0.1) is 18.7 Å². The van der Waals surface area contributed by atoms with Crippen LogP contribution in [0.3, 0.4) is 0 Å². The second-order valence-corrected chi connectivity index (χ2v) is 12.7. The lowest BCUT2D eigenvalue weighted by atomic mass is 9.65. The number of nitrogens with one attached hydrogen (secondary N) is 1. The van der Waals surface area contributed by atoms with Gasteiger partial charge in [-0.2, -0.15) is 0 Å². The summed E-state index contributed by atoms with van der Waals surface area (Å²) < 4.78 is 37.0. The Kier molecular flexibility index (Phi) is 7.89. The topological polar surface area (TPSA) is 82.1 Å². The molecule has 1 unspecified atom stereocenters. The van der Waals surface area contributed by atoms with Crippen LogP contribution in [0.5, 0.6) is 5.75 Å². The molecule has 0 aromatic heterocycles. The zero-order valence-electron chi connectivity index (χ0n) is 24.4. The van der Waals surface area contributed by atoms with Crippen LogP contribution >= 0.6 is 0 Å². The van der Waals surface area contributed by atoms with Gasteiger partial charge in [-0.25, -0.2) is 8.78 Å². The molecular formula is C33H41F2N3O4. The highest BCUT2D eigenvalue weighted by Gasteiger charge is 2.50. The molecule has 2 aromatic carbocycles. The van der Waals surface area contributed by atoms with Gasteiger partial charge in [-0.3, -0.25) is 9.59 Å². The second-order valence-electron chi connectivity index (χ2n) is 12.7. The summed E-state index contributed by atoms with van der Waals surface area (Å²) in [5.41, 5.74) is 0.623. The highest BCUT2D eigenvalue weighted by Crippen LogP contribution is 2.52. The molecule has 1 saturated heterocycles. The molecule has 4 aliphatic rings. The number of methoxy groups -OCH3 is 1. The maximum absolute atomic E-state index is 15.9. The van der Waals surface area contributed by atoms with Gasteiger partial charge >= 0.3 is 0 Å². The molecule has 3 fully saturated rings. The normalized spacial score (nSPS) is 23.2. The largest absolute Gasteiger partial charge is 0.497 e. The van der Waals surface area contributed by atoms with E-state index in [1.165, 1.54) is 42.2 Å². The lowest BCUT2D eigenvalue weighted by Crippen LogP contribution is -2.53. The van der Waals surface area contributed by atoms with Crippen molar-refractivity contribution in [2.45, 2.75) is 87.7 Å². The Balaban J connectivity index is 1.24. The fourth-order valence-corrected chi connectivity index (χ4v) is 7.28. The number of nitrogens with zero attached hydrogens (tertiary/aromatic N) is 2. The summed E-state index contributed by atoms with van der Waals surface area (Å²) in [6, 6.07) is 8.51. The third-order valence-corrected chi connectivity index (χ3v) is 9.98. The van der Waals surface area contributed by atoms with E-state index in [4.69, 9.17) is 4.74 Å². The number of benzene rings is 2. The third kappa shape index (κ3) is 5.36. The molecule has 2 aliphatic carbocycles. The fourth-order valence-electron chi connectivity index (χ4n) is 7.28. The second kappa shape index (κ2) is 11.5. The minimum absolute atomic E-state index is 0.174. The molecule has 42 heavy (non-hydrogen) atoms. The number of carbonyl (C=O) groups is 2. The minimum Gasteiger partial charge on any atom is -0.497 e. The molecule has 226 valence electrons. The number of aliphatic hydroxyl groups is 1. The fraction of sp³-hybridized carbons (Fsp3) is 0.576. The van der Waals surface area contributed by atoms with Crippen LogP contribution in [0.1, 0.15) is 98.2 Å². The van der Waals surface area contributed by atoms with Crippen LogP contribution in [0.15, 0.2) is 30.3 Å². The Hall–Kier alpha value is -3.20. The number of rotatable bonds is 4. The van der Waals surface area contributed by atoms with Crippen molar-refractivity contribution in [1.29, 1.82) is 0 Å². The van der Waals surface area contributed by atoms with Gasteiger partial charge < -0.3 is 25.0 Å². The van der Waals surface area contributed by atoms with E-state index in [2.05, 4.69) is 11.4 Å². The molecule has 9 heteroatoms. The van der Waals surface area contributed by atoms with Gasteiger partial charge in [0.25, 0.3) is 11.8 Å². The number of fused-ring (bicyclic) bond motifs is 2. The number of halogens is 2. The van der Waals surface area contributed by atoms with Gasteiger partial charge in [0.15, 0.2) is 11.6 Å². The summed E-state index contributed by atoms with van der Waals surface area (Å²) in [5, 5.41) is 13.6. The Morgan fingerprint density at radius 1 is 0.881 bits per heavy atom. The summed E-state index contributed by atoms with van der Waals surface area (Å²) in [4.78, 5) is 28.7. The first-order valence-corrected chi connectivity index (χ1v) is 15.5. The maximum Gasteiger partial charge on any atom is 0.257 e. The van der Waals surface area contributed by atoms with Crippen molar-refractivity contribution in [3.05, 3.63) is 58.7 Å². The summed E-state index contributed by atoms with van der Waals surface area (Å²) in [6.07, 6.45) is 10.5. The molecule has 7 nitrogen and oxygen atoms in total. The lowest BCUT2D eigenvalue weighted by Gasteiger charge is -2.44. The lowest BCUT2D eigenvalue weighted by molar-refractivity contribution is -0.143. The molecule has 2 aliphatic heterocycles. The van der Waals surface area contributed by atoms with Crippen molar-refractivity contribution in [1.82, 2.24) is 9.80 Å². The molecule has 0 radical (unpaired) electrons. The summed E-state index contributed by atoms with van der Waals surface area (Å²) in [5.74, 6) is -2.22. The molecule has 2 saturated carbocycles. The van der Waals surface area contributed by atoms with Gasteiger partial charge in [0.1, 0.15) is 11.4 Å². The van der Waals surface area contributed by atoms with Gasteiger partial charge in [-0.15, -0.1) is 0 Å². The molecule has 6 rings (SSSR count). The molecule has 2 amide bonds. The van der Waals surface area contributed by atoms with Crippen LogP contribution in [0.25, 0.3) is 0 Å². The van der Waals surface area contributed by atoms with Crippen molar-refractivity contribution < 1.29 is 28.2 Å². The van der Waals surface area contributed by atoms with Crippen molar-refractivity contribution in [2.75, 3.05) is 38.6 Å². The number of hydrogen-bond acceptors (Lipinski definition) is 5. The van der Waals surface area contributed by atoms with E-state index in [0.29, 0.717) is 19.3 Å². The molecule has 2 heterocycles. The van der Waals surface area contributed by atoms with Crippen molar-refractivity contribution >= 4 is 17.5 Å². The van der Waals surface area contributed by atoms with Crippen molar-refractivity contribution in [2.24, 2.45) is 0 Å². The number of carbonyl (C=O) groups excluding carboxylic acids is 2. The van der Waals surface area contributed by atoms with Gasteiger partial charge in [-0.1, -0.05) is 44.6 Å². The van der Waals surface area contributed by atoms with E-state index in [0.717, 1.165) is 37.1 Å². The third-order valence-electron chi connectivity index (χ3n) is 9.98. The monoisotopic (exact) mass is 581 g/mol. The predicted molar refractivity (Wildman–Crippen MR) is 156 cm³/mol. The first-order chi connectivity index (χ1) is 20.2. The zero-order valence-corrected chi connectivity index (χ0v) is 24.4. The molecular weight excluding hydrogens is 540 g/mol. The Bertz CT molecular complexity index is 1340. The van der Waals surface area contributed by atoms with E-state index >= 15 is 8.78 Å². The van der Waals surface area contributed by atoms with E-state index in [-0.39, 0.29) is 48.6 Å². The SMILES string of the molecule is COc1ccc2c(c1)C1(CCCCCCCC1)CC(c1ccc(C(=O)N3CCN(C(=O)C4(O)CC4)CC3)c(F)c1F)N2. The predicted octanol–water partition coefficient (Wildman–Crippen LogP) is 5.71. The van der Waals surface area contributed by atoms with Gasteiger partial charge in [0, 0.05) is 37.4 Å². The molecule has 1 spiro atoms. The van der Waals surface area contributed by atoms with Crippen LogP contribution in [0, 0.1) is 11.6 Å². The van der Waals surface area contributed by atoms with Crippen LogP contribution in [-0.4, -0.2) is 65.6 Å². The number of ether oxygens (including phenoxy) is 1. The summed E-state index contributed by atoms with van der Waals surface area (Å²) in [6.45, 7) is 0.924. The first-order valence-electron chi connectivity index (χ1n) is 15.5. The van der Waals surface area contributed by atoms with E-state index in [9.17, 15) is 14.7 Å². The van der Waals surface area contributed by atoms with E-state index in [1.54, 1.807) is 18.1 Å². The molecule has 2 N–H and O–H groups in total. The Morgan fingerprint density at radius 2 is 1.52 bits per heavy atom. The van der Waals surface area contributed by atoms with Gasteiger partial charge in [0.2, 0.25) is 0 Å². The number of piperazine rings is 1. The van der Waals surface area contributed by atoms with Crippen LogP contribution < -0.4 is 10.1 Å². The number of amides is 2. The average molecular weight is 582 g/mol. The van der Waals surface area contributed by atoms with Crippen LogP contribution in [-0.2, 0) is 10.2 Å². The zero-order chi connectivity index (χ0) is 29.5. The Morgan fingerprint density at radius 3 is 2.17 bits per heavy atom. The van der Waals surface area contributed by atoms with E-state index < -0.39 is 29.2 Å².